The first-order valence-electron chi connectivity index (χ1n) is 10.3. The summed E-state index contributed by atoms with van der Waals surface area (Å²) >= 11 is 0. The number of aromatic nitrogens is 1. The van der Waals surface area contributed by atoms with E-state index < -0.39 is 0 Å². The normalized spacial score (nSPS) is 15.4. The summed E-state index contributed by atoms with van der Waals surface area (Å²) in [5.41, 5.74) is 3.55. The highest BCUT2D eigenvalue weighted by Gasteiger charge is 2.20. The Kier molecular flexibility index (Phi) is 5.86. The van der Waals surface area contributed by atoms with Gasteiger partial charge in [-0.3, -0.25) is 9.69 Å². The highest BCUT2D eigenvalue weighted by atomic mass is 16.5. The van der Waals surface area contributed by atoms with Crippen LogP contribution in [0.1, 0.15) is 17.7 Å². The molecule has 4 rings (SSSR count). The molecule has 5 nitrogen and oxygen atoms in total. The van der Waals surface area contributed by atoms with Gasteiger partial charge < -0.3 is 14.2 Å². The second kappa shape index (κ2) is 8.70. The van der Waals surface area contributed by atoms with E-state index in [0.717, 1.165) is 56.1 Å². The van der Waals surface area contributed by atoms with Crippen LogP contribution in [0.25, 0.3) is 10.9 Å². The Balaban J connectivity index is 1.37. The van der Waals surface area contributed by atoms with Crippen molar-refractivity contribution in [1.82, 2.24) is 14.4 Å². The molecule has 152 valence electrons. The minimum absolute atomic E-state index is 0.209. The van der Waals surface area contributed by atoms with Gasteiger partial charge in [-0.1, -0.05) is 30.3 Å². The Morgan fingerprint density at radius 2 is 1.79 bits per heavy atom. The Labute approximate surface area is 172 Å². The SMILES string of the molecule is COc1ccc(CN2CCCN(C(=O)Cn3c(C)cc4ccccc43)CC2)cc1. The fourth-order valence-corrected chi connectivity index (χ4v) is 4.16. The van der Waals surface area contributed by atoms with Crippen LogP contribution >= 0.6 is 0 Å². The topological polar surface area (TPSA) is 37.7 Å². The number of rotatable bonds is 5. The molecule has 1 fully saturated rings. The third-order valence-electron chi connectivity index (χ3n) is 5.82. The molecular formula is C24H29N3O2. The van der Waals surface area contributed by atoms with E-state index in [1.165, 1.54) is 10.9 Å². The number of amides is 1. The van der Waals surface area contributed by atoms with Crippen LogP contribution in [0.2, 0.25) is 0 Å². The fraction of sp³-hybridized carbons (Fsp3) is 0.375. The van der Waals surface area contributed by atoms with Crippen molar-refractivity contribution in [3.05, 3.63) is 65.9 Å². The molecule has 1 amide bonds. The maximum Gasteiger partial charge on any atom is 0.242 e. The Morgan fingerprint density at radius 3 is 2.59 bits per heavy atom. The van der Waals surface area contributed by atoms with Crippen molar-refractivity contribution in [3.63, 3.8) is 0 Å². The van der Waals surface area contributed by atoms with Crippen LogP contribution in [0.3, 0.4) is 0 Å². The van der Waals surface area contributed by atoms with Crippen molar-refractivity contribution < 1.29 is 9.53 Å². The summed E-state index contributed by atoms with van der Waals surface area (Å²) in [5.74, 6) is 1.09. The van der Waals surface area contributed by atoms with E-state index in [-0.39, 0.29) is 5.91 Å². The van der Waals surface area contributed by atoms with Crippen LogP contribution in [0.4, 0.5) is 0 Å². The zero-order valence-electron chi connectivity index (χ0n) is 17.3. The first-order valence-corrected chi connectivity index (χ1v) is 10.3. The van der Waals surface area contributed by atoms with E-state index in [2.05, 4.69) is 46.7 Å². The number of nitrogens with zero attached hydrogens (tertiary/aromatic N) is 3. The summed E-state index contributed by atoms with van der Waals surface area (Å²) in [6, 6.07) is 18.7. The number of para-hydroxylation sites is 1. The highest BCUT2D eigenvalue weighted by molar-refractivity contribution is 5.84. The number of methoxy groups -OCH3 is 1. The smallest absolute Gasteiger partial charge is 0.242 e. The molecule has 0 bridgehead atoms. The first-order chi connectivity index (χ1) is 14.1. The second-order valence-corrected chi connectivity index (χ2v) is 7.79. The van der Waals surface area contributed by atoms with Gasteiger partial charge >= 0.3 is 0 Å². The second-order valence-electron chi connectivity index (χ2n) is 7.79. The number of carbonyl (C=O) groups excluding carboxylic acids is 1. The molecule has 0 unspecified atom stereocenters. The molecule has 1 aliphatic rings. The summed E-state index contributed by atoms with van der Waals surface area (Å²) in [4.78, 5) is 17.5. The van der Waals surface area contributed by atoms with Crippen molar-refractivity contribution in [3.8, 4) is 5.75 Å². The van der Waals surface area contributed by atoms with E-state index in [1.807, 2.05) is 29.2 Å². The molecule has 0 saturated carbocycles. The van der Waals surface area contributed by atoms with E-state index in [1.54, 1.807) is 7.11 Å². The molecule has 0 radical (unpaired) electrons. The zero-order valence-corrected chi connectivity index (χ0v) is 17.3. The van der Waals surface area contributed by atoms with E-state index >= 15 is 0 Å². The Hall–Kier alpha value is -2.79. The van der Waals surface area contributed by atoms with Gasteiger partial charge in [-0.25, -0.2) is 0 Å². The quantitative estimate of drug-likeness (QED) is 0.666. The molecule has 3 aromatic rings. The molecule has 0 N–H and O–H groups in total. The minimum Gasteiger partial charge on any atom is -0.497 e. The van der Waals surface area contributed by atoms with Gasteiger partial charge in [0.15, 0.2) is 0 Å². The molecule has 0 atom stereocenters. The number of aryl methyl sites for hydroxylation is 1. The Bertz CT molecular complexity index is 977. The molecule has 1 aliphatic heterocycles. The van der Waals surface area contributed by atoms with Gasteiger partial charge in [0, 0.05) is 43.9 Å². The fourth-order valence-electron chi connectivity index (χ4n) is 4.16. The van der Waals surface area contributed by atoms with Crippen LogP contribution in [-0.2, 0) is 17.9 Å². The van der Waals surface area contributed by atoms with Crippen LogP contribution in [0.15, 0.2) is 54.6 Å². The number of benzene rings is 2. The summed E-state index contributed by atoms with van der Waals surface area (Å²) in [7, 11) is 1.69. The number of ether oxygens (including phenoxy) is 1. The van der Waals surface area contributed by atoms with Crippen molar-refractivity contribution in [2.75, 3.05) is 33.3 Å². The van der Waals surface area contributed by atoms with Gasteiger partial charge in [0.2, 0.25) is 5.91 Å². The highest BCUT2D eigenvalue weighted by Crippen LogP contribution is 2.20. The van der Waals surface area contributed by atoms with Crippen molar-refractivity contribution >= 4 is 16.8 Å². The number of fused-ring (bicyclic) bond motifs is 1. The predicted octanol–water partition coefficient (Wildman–Crippen LogP) is 3.69. The van der Waals surface area contributed by atoms with E-state index in [0.29, 0.717) is 6.54 Å². The molecule has 29 heavy (non-hydrogen) atoms. The van der Waals surface area contributed by atoms with Gasteiger partial charge in [-0.15, -0.1) is 0 Å². The maximum absolute atomic E-state index is 13.0. The monoisotopic (exact) mass is 391 g/mol. The van der Waals surface area contributed by atoms with Crippen molar-refractivity contribution in [2.45, 2.75) is 26.4 Å². The average Bonchev–Trinajstić information content (AvgIpc) is 2.90. The first kappa shape index (κ1) is 19.5. The summed E-state index contributed by atoms with van der Waals surface area (Å²) in [5, 5.41) is 1.19. The van der Waals surface area contributed by atoms with Crippen LogP contribution in [-0.4, -0.2) is 53.6 Å². The molecular weight excluding hydrogens is 362 g/mol. The number of hydrogen-bond donors (Lipinski definition) is 0. The van der Waals surface area contributed by atoms with Crippen LogP contribution in [0.5, 0.6) is 5.75 Å². The van der Waals surface area contributed by atoms with Gasteiger partial charge in [-0.2, -0.15) is 0 Å². The van der Waals surface area contributed by atoms with Gasteiger partial charge in [-0.05, 0) is 48.6 Å². The number of hydrogen-bond acceptors (Lipinski definition) is 3. The zero-order chi connectivity index (χ0) is 20.2. The predicted molar refractivity (Wildman–Crippen MR) is 116 cm³/mol. The van der Waals surface area contributed by atoms with Crippen molar-refractivity contribution in [2.24, 2.45) is 0 Å². The van der Waals surface area contributed by atoms with Crippen molar-refractivity contribution in [1.29, 1.82) is 0 Å². The lowest BCUT2D eigenvalue weighted by molar-refractivity contribution is -0.131. The van der Waals surface area contributed by atoms with E-state index in [9.17, 15) is 4.79 Å². The number of carbonyl (C=O) groups is 1. The molecule has 1 saturated heterocycles. The van der Waals surface area contributed by atoms with Gasteiger partial charge in [0.1, 0.15) is 12.3 Å². The third kappa shape index (κ3) is 4.46. The molecule has 1 aromatic heterocycles. The summed E-state index contributed by atoms with van der Waals surface area (Å²) < 4.78 is 7.37. The van der Waals surface area contributed by atoms with Crippen LogP contribution in [0, 0.1) is 6.92 Å². The summed E-state index contributed by atoms with van der Waals surface area (Å²) in [6.45, 7) is 6.94. The maximum atomic E-state index is 13.0. The Morgan fingerprint density at radius 1 is 1.00 bits per heavy atom. The lowest BCUT2D eigenvalue weighted by atomic mass is 10.2. The largest absolute Gasteiger partial charge is 0.497 e. The minimum atomic E-state index is 0.209. The lowest BCUT2D eigenvalue weighted by Gasteiger charge is -2.23. The average molecular weight is 392 g/mol. The lowest BCUT2D eigenvalue weighted by Crippen LogP contribution is -2.37. The molecule has 5 heteroatoms. The molecule has 0 aliphatic carbocycles. The standard InChI is InChI=1S/C24H29N3O2/c1-19-16-21-6-3-4-7-23(21)27(19)18-24(28)26-13-5-12-25(14-15-26)17-20-8-10-22(29-2)11-9-20/h3-4,6-11,16H,5,12-15,17-18H2,1-2H3. The molecule has 0 spiro atoms. The van der Waals surface area contributed by atoms with Crippen LogP contribution < -0.4 is 4.74 Å². The van der Waals surface area contributed by atoms with E-state index in [4.69, 9.17) is 4.74 Å². The summed E-state index contributed by atoms with van der Waals surface area (Å²) in [6.07, 6.45) is 1.01. The van der Waals surface area contributed by atoms with Gasteiger partial charge in [0.05, 0.1) is 7.11 Å². The third-order valence-corrected chi connectivity index (χ3v) is 5.82. The van der Waals surface area contributed by atoms with Gasteiger partial charge in [0.25, 0.3) is 0 Å². The molecule has 2 heterocycles. The molecule has 2 aromatic carbocycles.